The Kier molecular flexibility index (Phi) is 4.82. The maximum atomic E-state index is 12.1. The summed E-state index contributed by atoms with van der Waals surface area (Å²) in [6.45, 7) is 2.36. The van der Waals surface area contributed by atoms with E-state index in [1.165, 1.54) is 0 Å². The van der Waals surface area contributed by atoms with Gasteiger partial charge in [0.15, 0.2) is 11.3 Å². The lowest BCUT2D eigenvalue weighted by atomic mass is 10.2. The Morgan fingerprint density at radius 2 is 2.17 bits per heavy atom. The summed E-state index contributed by atoms with van der Waals surface area (Å²) >= 11 is 11.2. The summed E-state index contributed by atoms with van der Waals surface area (Å²) in [4.78, 5) is 20.5. The summed E-state index contributed by atoms with van der Waals surface area (Å²) in [5.41, 5.74) is 1.57. The number of halogens is 1. The highest BCUT2D eigenvalue weighted by molar-refractivity contribution is 7.71. The van der Waals surface area contributed by atoms with Crippen molar-refractivity contribution in [2.75, 3.05) is 6.61 Å². The molecule has 0 aliphatic heterocycles. The van der Waals surface area contributed by atoms with Gasteiger partial charge < -0.3 is 4.74 Å². The Balaban J connectivity index is 2.15. The third-order valence-corrected chi connectivity index (χ3v) is 3.94. The number of esters is 1. The second kappa shape index (κ2) is 7.02. The molecule has 0 unspecified atom stereocenters. The minimum absolute atomic E-state index is 0.106. The van der Waals surface area contributed by atoms with E-state index in [-0.39, 0.29) is 12.3 Å². The molecule has 0 spiro atoms. The monoisotopic (exact) mass is 360 g/mol. The van der Waals surface area contributed by atoms with Crippen LogP contribution in [0, 0.1) is 4.51 Å². The minimum Gasteiger partial charge on any atom is -0.461 e. The van der Waals surface area contributed by atoms with Crippen LogP contribution in [0.1, 0.15) is 23.0 Å². The summed E-state index contributed by atoms with van der Waals surface area (Å²) in [5.74, 6) is -0.545. The standard InChI is InChI=1S/C16H13ClN4O2S/c1-2-23-16(22)13-14(24)11-4-3-7-18-15(11)21(20-13)9-10-5-6-12(17)19-8-10/h3-8H,2,9H2,1H3. The highest BCUT2D eigenvalue weighted by atomic mass is 35.5. The molecular weight excluding hydrogens is 348 g/mol. The van der Waals surface area contributed by atoms with Gasteiger partial charge in [0.2, 0.25) is 0 Å². The van der Waals surface area contributed by atoms with Crippen molar-refractivity contribution in [3.05, 3.63) is 57.6 Å². The fourth-order valence-corrected chi connectivity index (χ4v) is 2.63. The first kappa shape index (κ1) is 16.5. The van der Waals surface area contributed by atoms with Gasteiger partial charge in [0.25, 0.3) is 0 Å². The Morgan fingerprint density at radius 1 is 1.33 bits per heavy atom. The topological polar surface area (TPSA) is 69.9 Å². The van der Waals surface area contributed by atoms with Crippen molar-refractivity contribution in [1.82, 2.24) is 19.7 Å². The summed E-state index contributed by atoms with van der Waals surface area (Å²) in [6.07, 6.45) is 3.30. The molecule has 0 aromatic carbocycles. The van der Waals surface area contributed by atoms with E-state index in [1.807, 2.05) is 12.1 Å². The van der Waals surface area contributed by atoms with E-state index in [9.17, 15) is 4.79 Å². The molecule has 0 aliphatic carbocycles. The second-order valence-electron chi connectivity index (χ2n) is 4.92. The SMILES string of the molecule is CCOC(=O)c1nn(Cc2ccc(Cl)nc2)c2ncccc2c1=S. The van der Waals surface area contributed by atoms with Gasteiger partial charge in [0, 0.05) is 17.8 Å². The quantitative estimate of drug-likeness (QED) is 0.403. The Morgan fingerprint density at radius 3 is 2.88 bits per heavy atom. The molecule has 0 N–H and O–H groups in total. The van der Waals surface area contributed by atoms with Crippen LogP contribution >= 0.6 is 23.8 Å². The zero-order valence-corrected chi connectivity index (χ0v) is 14.3. The maximum Gasteiger partial charge on any atom is 0.360 e. The number of rotatable bonds is 4. The zero-order chi connectivity index (χ0) is 17.1. The van der Waals surface area contributed by atoms with Crippen molar-refractivity contribution in [1.29, 1.82) is 0 Å². The van der Waals surface area contributed by atoms with Crippen LogP contribution < -0.4 is 0 Å². The van der Waals surface area contributed by atoms with Gasteiger partial charge in [0.1, 0.15) is 5.15 Å². The van der Waals surface area contributed by atoms with Gasteiger partial charge in [-0.05, 0) is 30.7 Å². The molecule has 3 aromatic rings. The van der Waals surface area contributed by atoms with Crippen molar-refractivity contribution in [2.24, 2.45) is 0 Å². The number of carbonyl (C=O) groups excluding carboxylic acids is 1. The first-order valence-electron chi connectivity index (χ1n) is 7.23. The van der Waals surface area contributed by atoms with Crippen molar-refractivity contribution in [3.8, 4) is 0 Å². The molecule has 0 radical (unpaired) electrons. The maximum absolute atomic E-state index is 12.1. The van der Waals surface area contributed by atoms with E-state index in [4.69, 9.17) is 28.6 Å². The molecule has 0 bridgehead atoms. The third-order valence-electron chi connectivity index (χ3n) is 3.30. The summed E-state index contributed by atoms with van der Waals surface area (Å²) in [6, 6.07) is 7.11. The molecule has 0 amide bonds. The van der Waals surface area contributed by atoms with Gasteiger partial charge >= 0.3 is 5.97 Å². The molecule has 3 rings (SSSR count). The number of fused-ring (bicyclic) bond motifs is 1. The normalized spacial score (nSPS) is 10.8. The fraction of sp³-hybridized carbons (Fsp3) is 0.188. The number of aromatic nitrogens is 4. The van der Waals surface area contributed by atoms with Gasteiger partial charge in [-0.1, -0.05) is 29.9 Å². The molecule has 0 fully saturated rings. The molecule has 3 heterocycles. The lowest BCUT2D eigenvalue weighted by Crippen LogP contribution is -2.16. The first-order valence-corrected chi connectivity index (χ1v) is 8.02. The molecule has 8 heteroatoms. The van der Waals surface area contributed by atoms with Crippen LogP contribution in [0.4, 0.5) is 0 Å². The summed E-state index contributed by atoms with van der Waals surface area (Å²) in [5, 5.41) is 5.43. The van der Waals surface area contributed by atoms with Gasteiger partial charge in [-0.25, -0.2) is 19.4 Å². The first-order chi connectivity index (χ1) is 11.6. The van der Waals surface area contributed by atoms with Crippen LogP contribution in [0.25, 0.3) is 11.0 Å². The molecule has 0 saturated heterocycles. The lowest BCUT2D eigenvalue weighted by Gasteiger charge is -2.11. The van der Waals surface area contributed by atoms with Crippen LogP contribution in [0.3, 0.4) is 0 Å². The van der Waals surface area contributed by atoms with Gasteiger partial charge in [-0.2, -0.15) is 5.10 Å². The van der Waals surface area contributed by atoms with Crippen LogP contribution in [-0.2, 0) is 11.3 Å². The molecule has 6 nitrogen and oxygen atoms in total. The number of pyridine rings is 2. The van der Waals surface area contributed by atoms with Crippen LogP contribution in [0.2, 0.25) is 5.15 Å². The number of hydrogen-bond donors (Lipinski definition) is 0. The van der Waals surface area contributed by atoms with Crippen LogP contribution in [-0.4, -0.2) is 32.3 Å². The molecule has 0 saturated carbocycles. The predicted molar refractivity (Wildman–Crippen MR) is 92.7 cm³/mol. The number of ether oxygens (including phenoxy) is 1. The predicted octanol–water partition coefficient (Wildman–Crippen LogP) is 3.43. The van der Waals surface area contributed by atoms with E-state index in [1.54, 1.807) is 36.1 Å². The third kappa shape index (κ3) is 3.27. The van der Waals surface area contributed by atoms with Gasteiger partial charge in [-0.3, -0.25) is 0 Å². The number of nitrogens with zero attached hydrogens (tertiary/aromatic N) is 4. The van der Waals surface area contributed by atoms with Crippen LogP contribution in [0.5, 0.6) is 0 Å². The number of hydrogen-bond acceptors (Lipinski definition) is 6. The molecule has 0 atom stereocenters. The number of carbonyl (C=O) groups is 1. The Labute approximate surface area is 148 Å². The van der Waals surface area contributed by atoms with Gasteiger partial charge in [0.05, 0.1) is 17.7 Å². The van der Waals surface area contributed by atoms with E-state index >= 15 is 0 Å². The molecule has 0 aliphatic rings. The molecule has 3 aromatic heterocycles. The van der Waals surface area contributed by atoms with E-state index in [0.29, 0.717) is 27.2 Å². The van der Waals surface area contributed by atoms with Crippen molar-refractivity contribution in [3.63, 3.8) is 0 Å². The zero-order valence-electron chi connectivity index (χ0n) is 12.8. The Bertz CT molecular complexity index is 956. The fourth-order valence-electron chi connectivity index (χ4n) is 2.24. The van der Waals surface area contributed by atoms with Gasteiger partial charge in [-0.15, -0.1) is 0 Å². The van der Waals surface area contributed by atoms with E-state index < -0.39 is 5.97 Å². The highest BCUT2D eigenvalue weighted by Gasteiger charge is 2.16. The molecule has 24 heavy (non-hydrogen) atoms. The summed E-state index contributed by atoms with van der Waals surface area (Å²) in [7, 11) is 0. The lowest BCUT2D eigenvalue weighted by molar-refractivity contribution is 0.0516. The van der Waals surface area contributed by atoms with Crippen LogP contribution in [0.15, 0.2) is 36.7 Å². The van der Waals surface area contributed by atoms with Crippen molar-refractivity contribution in [2.45, 2.75) is 13.5 Å². The average molecular weight is 361 g/mol. The van der Waals surface area contributed by atoms with Crippen molar-refractivity contribution >= 4 is 40.8 Å². The second-order valence-corrected chi connectivity index (χ2v) is 5.72. The van der Waals surface area contributed by atoms with E-state index in [2.05, 4.69) is 15.1 Å². The summed E-state index contributed by atoms with van der Waals surface area (Å²) < 4.78 is 7.00. The average Bonchev–Trinajstić information content (AvgIpc) is 2.59. The smallest absolute Gasteiger partial charge is 0.360 e. The van der Waals surface area contributed by atoms with Crippen molar-refractivity contribution < 1.29 is 9.53 Å². The minimum atomic E-state index is -0.545. The molecule has 122 valence electrons. The Hall–Kier alpha value is -2.38. The molecular formula is C16H13ClN4O2S. The largest absolute Gasteiger partial charge is 0.461 e. The van der Waals surface area contributed by atoms with E-state index in [0.717, 1.165) is 5.56 Å². The highest BCUT2D eigenvalue weighted by Crippen LogP contribution is 2.17.